The summed E-state index contributed by atoms with van der Waals surface area (Å²) < 4.78 is 20.5. The van der Waals surface area contributed by atoms with E-state index in [9.17, 15) is 4.55 Å². The second-order valence-corrected chi connectivity index (χ2v) is 8.10. The van der Waals surface area contributed by atoms with Crippen LogP contribution in [-0.4, -0.2) is 15.3 Å². The summed E-state index contributed by atoms with van der Waals surface area (Å²) in [5, 5.41) is 1.12. The number of hydrogen-bond acceptors (Lipinski definition) is 3. The summed E-state index contributed by atoms with van der Waals surface area (Å²) in [6, 6.07) is 8.41. The molecule has 0 aliphatic carbocycles. The second-order valence-electron chi connectivity index (χ2n) is 6.10. The molecule has 20 heavy (non-hydrogen) atoms. The number of rotatable bonds is 5. The van der Waals surface area contributed by atoms with E-state index in [0.29, 0.717) is 0 Å². The summed E-state index contributed by atoms with van der Waals surface area (Å²) >= 11 is -1.03. The summed E-state index contributed by atoms with van der Waals surface area (Å²) in [4.78, 5) is 0. The Labute approximate surface area is 124 Å². The predicted molar refractivity (Wildman–Crippen MR) is 85.0 cm³/mol. The maximum atomic E-state index is 12.2. The Morgan fingerprint density at radius 2 is 2.05 bits per heavy atom. The highest BCUT2D eigenvalue weighted by Crippen LogP contribution is 2.20. The van der Waals surface area contributed by atoms with Gasteiger partial charge < -0.3 is 8.97 Å². The van der Waals surface area contributed by atoms with Crippen molar-refractivity contribution < 1.29 is 8.97 Å². The normalized spacial score (nSPS) is 15.4. The van der Waals surface area contributed by atoms with Crippen molar-refractivity contribution in [1.29, 1.82) is 0 Å². The molecule has 110 valence electrons. The zero-order chi connectivity index (χ0) is 14.8. The van der Waals surface area contributed by atoms with Crippen molar-refractivity contribution in [1.82, 2.24) is 4.72 Å². The molecule has 0 radical (unpaired) electrons. The predicted octanol–water partition coefficient (Wildman–Crippen LogP) is 3.81. The number of nitrogens with one attached hydrogen (secondary N) is 1. The van der Waals surface area contributed by atoms with Gasteiger partial charge >= 0.3 is 0 Å². The molecule has 0 fully saturated rings. The van der Waals surface area contributed by atoms with Crippen LogP contribution in [0.3, 0.4) is 0 Å². The minimum atomic E-state index is -1.03. The molecule has 0 saturated carbocycles. The molecular weight excluding hydrogens is 270 g/mol. The SMILES string of the molecule is CCC(Cc1ccc2occc2c1)N[S@@+]([O-])C(C)(C)C. The molecular formula is C16H23NO2S. The van der Waals surface area contributed by atoms with Gasteiger partial charge in [-0.25, -0.2) is 0 Å². The molecule has 1 aromatic heterocycles. The van der Waals surface area contributed by atoms with Crippen LogP contribution in [0.1, 0.15) is 39.7 Å². The average molecular weight is 293 g/mol. The van der Waals surface area contributed by atoms with Gasteiger partial charge in [0.25, 0.3) is 0 Å². The van der Waals surface area contributed by atoms with Crippen LogP contribution in [0.5, 0.6) is 0 Å². The number of hydrogen-bond donors (Lipinski definition) is 1. The minimum absolute atomic E-state index is 0.222. The van der Waals surface area contributed by atoms with E-state index >= 15 is 0 Å². The first kappa shape index (κ1) is 15.4. The minimum Gasteiger partial charge on any atom is -0.598 e. The highest BCUT2D eigenvalue weighted by Gasteiger charge is 2.28. The van der Waals surface area contributed by atoms with E-state index in [-0.39, 0.29) is 10.8 Å². The van der Waals surface area contributed by atoms with Crippen LogP contribution in [0, 0.1) is 0 Å². The fourth-order valence-electron chi connectivity index (χ4n) is 2.03. The molecule has 0 aliphatic heterocycles. The topological polar surface area (TPSA) is 48.2 Å². The molecule has 1 heterocycles. The molecule has 0 bridgehead atoms. The first-order chi connectivity index (χ1) is 9.40. The van der Waals surface area contributed by atoms with Crippen molar-refractivity contribution in [3.63, 3.8) is 0 Å². The van der Waals surface area contributed by atoms with E-state index in [4.69, 9.17) is 4.42 Å². The maximum Gasteiger partial charge on any atom is 0.136 e. The van der Waals surface area contributed by atoms with Gasteiger partial charge in [-0.1, -0.05) is 13.0 Å². The summed E-state index contributed by atoms with van der Waals surface area (Å²) in [6.45, 7) is 8.08. The number of furan rings is 1. The Hall–Kier alpha value is -0.970. The Morgan fingerprint density at radius 1 is 1.30 bits per heavy atom. The zero-order valence-corrected chi connectivity index (χ0v) is 13.4. The summed E-state index contributed by atoms with van der Waals surface area (Å²) in [6.07, 6.45) is 3.53. The molecule has 2 rings (SSSR count). The fourth-order valence-corrected chi connectivity index (χ4v) is 2.93. The van der Waals surface area contributed by atoms with E-state index in [1.165, 1.54) is 5.56 Å². The Morgan fingerprint density at radius 3 is 2.70 bits per heavy atom. The van der Waals surface area contributed by atoms with Crippen LogP contribution in [0.15, 0.2) is 34.9 Å². The molecule has 2 aromatic rings. The van der Waals surface area contributed by atoms with Gasteiger partial charge in [-0.3, -0.25) is 0 Å². The third kappa shape index (κ3) is 3.78. The standard InChI is InChI=1S/C16H23NO2S/c1-5-14(17-20(18)16(2,3)4)11-12-6-7-15-13(10-12)8-9-19-15/h6-10,14,17H,5,11H2,1-4H3/t14?,20-/m0/s1. The van der Waals surface area contributed by atoms with Gasteiger partial charge in [-0.2, -0.15) is 0 Å². The van der Waals surface area contributed by atoms with Crippen LogP contribution in [0.2, 0.25) is 0 Å². The molecule has 1 unspecified atom stereocenters. The first-order valence-corrected chi connectivity index (χ1v) is 8.19. The molecule has 3 nitrogen and oxygen atoms in total. The smallest absolute Gasteiger partial charge is 0.136 e. The van der Waals surface area contributed by atoms with Crippen LogP contribution in [0.25, 0.3) is 11.0 Å². The average Bonchev–Trinajstić information content (AvgIpc) is 2.84. The van der Waals surface area contributed by atoms with Crippen LogP contribution in [-0.2, 0) is 17.8 Å². The molecule has 0 spiro atoms. The summed E-state index contributed by atoms with van der Waals surface area (Å²) in [5.74, 6) is 0. The van der Waals surface area contributed by atoms with Crippen LogP contribution >= 0.6 is 0 Å². The molecule has 2 atom stereocenters. The van der Waals surface area contributed by atoms with Gasteiger partial charge in [-0.15, -0.1) is 4.72 Å². The Balaban J connectivity index is 2.05. The quantitative estimate of drug-likeness (QED) is 0.853. The first-order valence-electron chi connectivity index (χ1n) is 7.04. The summed E-state index contributed by atoms with van der Waals surface area (Å²) in [5.41, 5.74) is 2.15. The lowest BCUT2D eigenvalue weighted by atomic mass is 10.0. The van der Waals surface area contributed by atoms with Crippen molar-refractivity contribution in [2.45, 2.75) is 51.3 Å². The second kappa shape index (κ2) is 6.20. The third-order valence-electron chi connectivity index (χ3n) is 3.32. The third-order valence-corrected chi connectivity index (χ3v) is 4.98. The molecule has 0 aliphatic rings. The Bertz CT molecular complexity index is 559. The van der Waals surface area contributed by atoms with Crippen molar-refractivity contribution >= 4 is 22.3 Å². The van der Waals surface area contributed by atoms with Crippen molar-refractivity contribution in [3.05, 3.63) is 36.1 Å². The monoisotopic (exact) mass is 293 g/mol. The van der Waals surface area contributed by atoms with Gasteiger partial charge in [0.15, 0.2) is 0 Å². The molecule has 1 N–H and O–H groups in total. The fraction of sp³-hybridized carbons (Fsp3) is 0.500. The van der Waals surface area contributed by atoms with Crippen molar-refractivity contribution in [3.8, 4) is 0 Å². The van der Waals surface area contributed by atoms with E-state index < -0.39 is 11.4 Å². The van der Waals surface area contributed by atoms with E-state index in [2.05, 4.69) is 23.8 Å². The van der Waals surface area contributed by atoms with Gasteiger partial charge in [0.1, 0.15) is 10.3 Å². The zero-order valence-electron chi connectivity index (χ0n) is 12.6. The van der Waals surface area contributed by atoms with Gasteiger partial charge in [0.05, 0.1) is 12.3 Å². The lowest BCUT2D eigenvalue weighted by Crippen LogP contribution is -2.45. The molecule has 0 amide bonds. The molecule has 1 aromatic carbocycles. The Kier molecular flexibility index (Phi) is 4.78. The number of benzene rings is 1. The van der Waals surface area contributed by atoms with E-state index in [1.54, 1.807) is 6.26 Å². The van der Waals surface area contributed by atoms with Crippen LogP contribution < -0.4 is 4.72 Å². The summed E-state index contributed by atoms with van der Waals surface area (Å²) in [7, 11) is 0. The largest absolute Gasteiger partial charge is 0.598 e. The van der Waals surface area contributed by atoms with E-state index in [0.717, 1.165) is 23.8 Å². The molecule has 4 heteroatoms. The van der Waals surface area contributed by atoms with Gasteiger partial charge in [0, 0.05) is 16.7 Å². The maximum absolute atomic E-state index is 12.2. The number of fused-ring (bicyclic) bond motifs is 1. The lowest BCUT2D eigenvalue weighted by Gasteiger charge is -2.27. The van der Waals surface area contributed by atoms with Gasteiger partial charge in [0.2, 0.25) is 0 Å². The highest BCUT2D eigenvalue weighted by atomic mass is 32.2. The van der Waals surface area contributed by atoms with E-state index in [1.807, 2.05) is 32.9 Å². The van der Waals surface area contributed by atoms with Gasteiger partial charge in [-0.05, 0) is 57.4 Å². The highest BCUT2D eigenvalue weighted by molar-refractivity contribution is 7.90. The lowest BCUT2D eigenvalue weighted by molar-refractivity contribution is 0.510. The van der Waals surface area contributed by atoms with Crippen molar-refractivity contribution in [2.75, 3.05) is 0 Å². The molecule has 0 saturated heterocycles. The van der Waals surface area contributed by atoms with Crippen LogP contribution in [0.4, 0.5) is 0 Å². The van der Waals surface area contributed by atoms with Crippen molar-refractivity contribution in [2.24, 2.45) is 0 Å².